The maximum atomic E-state index is 12.5. The first-order valence-electron chi connectivity index (χ1n) is 7.42. The van der Waals surface area contributed by atoms with E-state index in [9.17, 15) is 9.59 Å². The summed E-state index contributed by atoms with van der Waals surface area (Å²) in [5.74, 6) is -0.438. The van der Waals surface area contributed by atoms with E-state index in [4.69, 9.17) is 4.74 Å². The Kier molecular flexibility index (Phi) is 4.59. The highest BCUT2D eigenvalue weighted by Crippen LogP contribution is 2.21. The van der Waals surface area contributed by atoms with Gasteiger partial charge in [0.25, 0.3) is 0 Å². The Morgan fingerprint density at radius 2 is 1.83 bits per heavy atom. The second-order valence-electron chi connectivity index (χ2n) is 6.51. The van der Waals surface area contributed by atoms with E-state index in [1.54, 1.807) is 24.7 Å². The average molecular weight is 314 g/mol. The lowest BCUT2D eigenvalue weighted by Gasteiger charge is -2.18. The second-order valence-corrected chi connectivity index (χ2v) is 6.51. The molecule has 0 aliphatic rings. The smallest absolute Gasteiger partial charge is 0.331 e. The van der Waals surface area contributed by atoms with E-state index in [0.717, 1.165) is 10.9 Å². The predicted molar refractivity (Wildman–Crippen MR) is 91.3 cm³/mol. The largest absolute Gasteiger partial charge is 0.457 e. The van der Waals surface area contributed by atoms with E-state index >= 15 is 0 Å². The number of amides is 1. The number of rotatable bonds is 2. The van der Waals surface area contributed by atoms with Crippen molar-refractivity contribution in [3.8, 4) is 0 Å². The fraction of sp³-hybridized carbons (Fsp3) is 0.333. The lowest BCUT2D eigenvalue weighted by Crippen LogP contribution is -2.27. The predicted octanol–water partition coefficient (Wildman–Crippen LogP) is 3.53. The van der Waals surface area contributed by atoms with Gasteiger partial charge in [-0.05, 0) is 39.0 Å². The fourth-order valence-electron chi connectivity index (χ4n) is 2.20. The quantitative estimate of drug-likeness (QED) is 0.629. The third-order valence-electron chi connectivity index (χ3n) is 3.11. The number of fused-ring (bicyclic) bond motifs is 1. The van der Waals surface area contributed by atoms with Gasteiger partial charge in [-0.25, -0.2) is 9.59 Å². The van der Waals surface area contributed by atoms with Crippen LogP contribution in [0, 0.1) is 0 Å². The molecule has 0 atom stereocenters. The molecule has 1 aromatic carbocycles. The van der Waals surface area contributed by atoms with Crippen molar-refractivity contribution in [2.75, 3.05) is 14.1 Å². The molecule has 0 bridgehead atoms. The number of benzene rings is 1. The summed E-state index contributed by atoms with van der Waals surface area (Å²) in [7, 11) is 3.39. The lowest BCUT2D eigenvalue weighted by atomic mass is 10.2. The molecule has 2 rings (SSSR count). The summed E-state index contributed by atoms with van der Waals surface area (Å²) >= 11 is 0. The van der Waals surface area contributed by atoms with Crippen molar-refractivity contribution in [3.05, 3.63) is 42.1 Å². The molecule has 0 radical (unpaired) electrons. The summed E-state index contributed by atoms with van der Waals surface area (Å²) in [5.41, 5.74) is 0.888. The molecule has 0 aliphatic heterocycles. The van der Waals surface area contributed by atoms with E-state index in [-0.39, 0.29) is 6.03 Å². The van der Waals surface area contributed by atoms with Gasteiger partial charge in [-0.1, -0.05) is 18.2 Å². The van der Waals surface area contributed by atoms with Gasteiger partial charge in [-0.2, -0.15) is 0 Å². The highest BCUT2D eigenvalue weighted by molar-refractivity contribution is 5.96. The highest BCUT2D eigenvalue weighted by atomic mass is 16.6. The molecule has 1 heterocycles. The Bertz CT molecular complexity index is 764. The topological polar surface area (TPSA) is 51.5 Å². The fourth-order valence-corrected chi connectivity index (χ4v) is 2.20. The summed E-state index contributed by atoms with van der Waals surface area (Å²) in [4.78, 5) is 25.8. The molecule has 0 spiro atoms. The van der Waals surface area contributed by atoms with Gasteiger partial charge in [0.1, 0.15) is 5.60 Å². The van der Waals surface area contributed by atoms with Crippen LogP contribution in [0.4, 0.5) is 4.79 Å². The van der Waals surface area contributed by atoms with Gasteiger partial charge in [0.05, 0.1) is 11.2 Å². The number of aromatic nitrogens is 1. The maximum Gasteiger partial charge on any atom is 0.331 e. The van der Waals surface area contributed by atoms with Crippen LogP contribution in [0.3, 0.4) is 0 Å². The molecule has 0 fully saturated rings. The normalized spacial score (nSPS) is 11.9. The van der Waals surface area contributed by atoms with Crippen molar-refractivity contribution in [1.82, 2.24) is 9.47 Å². The Morgan fingerprint density at radius 3 is 2.43 bits per heavy atom. The zero-order valence-electron chi connectivity index (χ0n) is 14.2. The van der Waals surface area contributed by atoms with Crippen LogP contribution in [-0.4, -0.2) is 41.2 Å². The van der Waals surface area contributed by atoms with Gasteiger partial charge in [0, 0.05) is 25.6 Å². The van der Waals surface area contributed by atoms with Gasteiger partial charge < -0.3 is 9.64 Å². The summed E-state index contributed by atoms with van der Waals surface area (Å²) in [5, 5.41) is 0.937. The molecule has 0 N–H and O–H groups in total. The Hall–Kier alpha value is -2.56. The number of hydrogen-bond donors (Lipinski definition) is 0. The van der Waals surface area contributed by atoms with Crippen molar-refractivity contribution < 1.29 is 14.3 Å². The number of ether oxygens (including phenoxy) is 1. The zero-order valence-corrected chi connectivity index (χ0v) is 14.2. The molecule has 23 heavy (non-hydrogen) atoms. The van der Waals surface area contributed by atoms with Crippen LogP contribution in [0.2, 0.25) is 0 Å². The van der Waals surface area contributed by atoms with Crippen LogP contribution < -0.4 is 0 Å². The van der Waals surface area contributed by atoms with Crippen LogP contribution in [0.5, 0.6) is 0 Å². The van der Waals surface area contributed by atoms with Gasteiger partial charge in [-0.15, -0.1) is 0 Å². The van der Waals surface area contributed by atoms with Crippen LogP contribution in [0.25, 0.3) is 17.0 Å². The highest BCUT2D eigenvalue weighted by Gasteiger charge is 2.17. The van der Waals surface area contributed by atoms with Crippen molar-refractivity contribution in [1.29, 1.82) is 0 Å². The van der Waals surface area contributed by atoms with Gasteiger partial charge in [-0.3, -0.25) is 4.57 Å². The zero-order chi connectivity index (χ0) is 17.2. The van der Waals surface area contributed by atoms with Crippen LogP contribution in [-0.2, 0) is 9.53 Å². The lowest BCUT2D eigenvalue weighted by molar-refractivity contribution is -0.148. The Labute approximate surface area is 136 Å². The number of carbonyl (C=O) groups excluding carboxylic acids is 2. The molecule has 5 heteroatoms. The van der Waals surface area contributed by atoms with Crippen molar-refractivity contribution >= 4 is 29.0 Å². The van der Waals surface area contributed by atoms with Gasteiger partial charge in [0.15, 0.2) is 0 Å². The number of carbonyl (C=O) groups is 2. The van der Waals surface area contributed by atoms with E-state index in [1.165, 1.54) is 11.0 Å². The van der Waals surface area contributed by atoms with Crippen LogP contribution >= 0.6 is 0 Å². The first-order chi connectivity index (χ1) is 10.7. The second kappa shape index (κ2) is 6.28. The summed E-state index contributed by atoms with van der Waals surface area (Å²) in [6.07, 6.45) is 2.95. The molecule has 0 saturated heterocycles. The number of esters is 1. The molecule has 0 aliphatic carbocycles. The molecule has 122 valence electrons. The van der Waals surface area contributed by atoms with Crippen molar-refractivity contribution in [2.45, 2.75) is 26.4 Å². The van der Waals surface area contributed by atoms with Crippen LogP contribution in [0.15, 0.2) is 36.4 Å². The number of hydrogen-bond acceptors (Lipinski definition) is 3. The molecular weight excluding hydrogens is 292 g/mol. The van der Waals surface area contributed by atoms with Crippen LogP contribution in [0.1, 0.15) is 26.5 Å². The third kappa shape index (κ3) is 4.00. The van der Waals surface area contributed by atoms with Crippen molar-refractivity contribution in [3.63, 3.8) is 0 Å². The molecule has 5 nitrogen and oxygen atoms in total. The third-order valence-corrected chi connectivity index (χ3v) is 3.11. The molecule has 1 amide bonds. The first kappa shape index (κ1) is 16.8. The Balaban J connectivity index is 2.42. The van der Waals surface area contributed by atoms with E-state index < -0.39 is 11.6 Å². The van der Waals surface area contributed by atoms with Crippen molar-refractivity contribution in [2.24, 2.45) is 0 Å². The van der Waals surface area contributed by atoms with E-state index in [2.05, 4.69) is 0 Å². The van der Waals surface area contributed by atoms with E-state index in [1.807, 2.05) is 51.1 Å². The monoisotopic (exact) mass is 314 g/mol. The number of nitrogens with zero attached hydrogens (tertiary/aromatic N) is 2. The molecule has 0 unspecified atom stereocenters. The maximum absolute atomic E-state index is 12.5. The minimum absolute atomic E-state index is 0.171. The minimum Gasteiger partial charge on any atom is -0.457 e. The first-order valence-corrected chi connectivity index (χ1v) is 7.42. The summed E-state index contributed by atoms with van der Waals surface area (Å²) in [6, 6.07) is 9.30. The van der Waals surface area contributed by atoms with Gasteiger partial charge >= 0.3 is 12.0 Å². The molecular formula is C18H22N2O3. The molecule has 1 aromatic heterocycles. The Morgan fingerprint density at radius 1 is 1.17 bits per heavy atom. The SMILES string of the molecule is CN(C)C(=O)n1c(/C=C/C(=O)OC(C)(C)C)cc2ccccc21. The summed E-state index contributed by atoms with van der Waals surface area (Å²) in [6.45, 7) is 5.43. The molecule has 2 aromatic rings. The minimum atomic E-state index is -0.548. The summed E-state index contributed by atoms with van der Waals surface area (Å²) < 4.78 is 6.83. The van der Waals surface area contributed by atoms with Gasteiger partial charge in [0.2, 0.25) is 0 Å². The average Bonchev–Trinajstić information content (AvgIpc) is 2.80. The molecule has 0 saturated carbocycles. The standard InChI is InChI=1S/C18H22N2O3/c1-18(2,3)23-16(21)11-10-14-12-13-8-6-7-9-15(13)20(14)17(22)19(4)5/h6-12H,1-5H3/b11-10+. The van der Waals surface area contributed by atoms with E-state index in [0.29, 0.717) is 5.69 Å². The number of para-hydroxylation sites is 1.